The van der Waals surface area contributed by atoms with Gasteiger partial charge in [-0.1, -0.05) is 29.8 Å². The summed E-state index contributed by atoms with van der Waals surface area (Å²) in [5.41, 5.74) is -0.664. The normalized spacial score (nSPS) is 11.8. The Hall–Kier alpha value is -2.12. The number of aromatic amines is 1. The average Bonchev–Trinajstić information content (AvgIpc) is 2.91. The molecule has 8 heteroatoms. The molecule has 0 bridgehead atoms. The molecule has 0 aliphatic heterocycles. The monoisotopic (exact) mass is 309 g/mol. The number of aromatic nitrogens is 3. The lowest BCUT2D eigenvalue weighted by molar-refractivity contribution is 0.589. The molecule has 102 valence electrons. The predicted octanol–water partition coefficient (Wildman–Crippen LogP) is 1.61. The van der Waals surface area contributed by atoms with Crippen molar-refractivity contribution >= 4 is 32.5 Å². The molecule has 0 saturated carbocycles. The lowest BCUT2D eigenvalue weighted by atomic mass is 10.4. The maximum absolute atomic E-state index is 12.5. The fourth-order valence-electron chi connectivity index (χ4n) is 1.92. The number of nitrogens with zero attached hydrogens (tertiary/aromatic N) is 2. The van der Waals surface area contributed by atoms with Crippen LogP contribution in [0, 0.1) is 0 Å². The van der Waals surface area contributed by atoms with E-state index in [-0.39, 0.29) is 21.0 Å². The number of hydrogen-bond acceptors (Lipinski definition) is 4. The molecular weight excluding hydrogens is 302 g/mol. The van der Waals surface area contributed by atoms with Crippen LogP contribution in [0.4, 0.5) is 0 Å². The van der Waals surface area contributed by atoms with E-state index in [1.807, 2.05) is 0 Å². The molecule has 0 amide bonds. The van der Waals surface area contributed by atoms with Crippen LogP contribution in [0.3, 0.4) is 0 Å². The summed E-state index contributed by atoms with van der Waals surface area (Å²) in [5.74, 6) is 0. The fraction of sp³-hybridized carbons (Fsp3) is 0. The van der Waals surface area contributed by atoms with Crippen molar-refractivity contribution in [2.75, 3.05) is 0 Å². The van der Waals surface area contributed by atoms with Crippen LogP contribution in [0.2, 0.25) is 5.15 Å². The summed E-state index contributed by atoms with van der Waals surface area (Å²) in [4.78, 5) is 11.9. The van der Waals surface area contributed by atoms with Gasteiger partial charge in [-0.15, -0.1) is 0 Å². The second-order valence-corrected chi connectivity index (χ2v) is 6.21. The van der Waals surface area contributed by atoms with Crippen molar-refractivity contribution in [3.05, 3.63) is 58.1 Å². The molecule has 6 nitrogen and oxygen atoms in total. The molecule has 0 radical (unpaired) electrons. The first kappa shape index (κ1) is 12.9. The first-order chi connectivity index (χ1) is 9.51. The highest BCUT2D eigenvalue weighted by molar-refractivity contribution is 7.90. The first-order valence-corrected chi connectivity index (χ1v) is 7.39. The van der Waals surface area contributed by atoms with E-state index in [0.29, 0.717) is 0 Å². The SMILES string of the molecule is O=c1[nH]nc(Cl)c2ccn(S(=O)(=O)c3ccccc3)c12. The van der Waals surface area contributed by atoms with E-state index >= 15 is 0 Å². The van der Waals surface area contributed by atoms with Crippen molar-refractivity contribution in [3.63, 3.8) is 0 Å². The molecule has 0 aliphatic carbocycles. The highest BCUT2D eigenvalue weighted by Gasteiger charge is 2.21. The molecule has 1 N–H and O–H groups in total. The molecule has 0 spiro atoms. The lowest BCUT2D eigenvalue weighted by Crippen LogP contribution is -2.18. The summed E-state index contributed by atoms with van der Waals surface area (Å²) in [5, 5.41) is 6.09. The second-order valence-electron chi connectivity index (χ2n) is 4.04. The van der Waals surface area contributed by atoms with Gasteiger partial charge in [0.25, 0.3) is 15.6 Å². The summed E-state index contributed by atoms with van der Waals surface area (Å²) >= 11 is 5.85. The number of hydrogen-bond donors (Lipinski definition) is 1. The van der Waals surface area contributed by atoms with E-state index in [9.17, 15) is 13.2 Å². The molecule has 0 atom stereocenters. The lowest BCUT2D eigenvalue weighted by Gasteiger charge is -2.06. The van der Waals surface area contributed by atoms with Crippen molar-refractivity contribution in [3.8, 4) is 0 Å². The average molecular weight is 310 g/mol. The Morgan fingerprint density at radius 3 is 2.55 bits per heavy atom. The summed E-state index contributed by atoms with van der Waals surface area (Å²) in [6.07, 6.45) is 1.29. The zero-order valence-electron chi connectivity index (χ0n) is 9.95. The van der Waals surface area contributed by atoms with E-state index in [1.165, 1.54) is 24.4 Å². The molecular formula is C12H8ClN3O3S. The molecule has 3 rings (SSSR count). The molecule has 3 aromatic rings. The molecule has 0 fully saturated rings. The molecule has 2 aromatic heterocycles. The molecule has 2 heterocycles. The van der Waals surface area contributed by atoms with E-state index in [1.54, 1.807) is 18.2 Å². The maximum atomic E-state index is 12.5. The summed E-state index contributed by atoms with van der Waals surface area (Å²) in [6.45, 7) is 0. The largest absolute Gasteiger partial charge is 0.289 e. The van der Waals surface area contributed by atoms with E-state index in [4.69, 9.17) is 11.6 Å². The zero-order valence-corrected chi connectivity index (χ0v) is 11.5. The molecule has 20 heavy (non-hydrogen) atoms. The second kappa shape index (κ2) is 4.46. The van der Waals surface area contributed by atoms with Gasteiger partial charge in [0.1, 0.15) is 5.52 Å². The predicted molar refractivity (Wildman–Crippen MR) is 74.4 cm³/mol. The Kier molecular flexibility index (Phi) is 2.88. The summed E-state index contributed by atoms with van der Waals surface area (Å²) in [6, 6.07) is 9.28. The fourth-order valence-corrected chi connectivity index (χ4v) is 3.49. The van der Waals surface area contributed by atoms with Gasteiger partial charge in [0, 0.05) is 11.6 Å². The number of fused-ring (bicyclic) bond motifs is 1. The number of H-pyrrole nitrogens is 1. The van der Waals surface area contributed by atoms with Gasteiger partial charge in [0.2, 0.25) is 0 Å². The zero-order chi connectivity index (χ0) is 14.3. The van der Waals surface area contributed by atoms with Gasteiger partial charge in [-0.05, 0) is 18.2 Å². The Labute approximate surface area is 118 Å². The van der Waals surface area contributed by atoms with Gasteiger partial charge in [-0.2, -0.15) is 5.10 Å². The Morgan fingerprint density at radius 1 is 1.15 bits per heavy atom. The van der Waals surface area contributed by atoms with Crippen molar-refractivity contribution in [1.82, 2.24) is 14.2 Å². The Morgan fingerprint density at radius 2 is 1.85 bits per heavy atom. The van der Waals surface area contributed by atoms with Crippen molar-refractivity contribution in [2.45, 2.75) is 4.90 Å². The molecule has 0 aliphatic rings. The topological polar surface area (TPSA) is 84.8 Å². The van der Waals surface area contributed by atoms with Crippen LogP contribution in [-0.4, -0.2) is 22.6 Å². The maximum Gasteiger partial charge on any atom is 0.289 e. The van der Waals surface area contributed by atoms with Crippen LogP contribution in [-0.2, 0) is 10.0 Å². The highest BCUT2D eigenvalue weighted by atomic mass is 35.5. The quantitative estimate of drug-likeness (QED) is 0.779. The number of halogens is 1. The Balaban J connectivity index is 2.37. The third-order valence-corrected chi connectivity index (χ3v) is 4.82. The standard InChI is InChI=1S/C12H8ClN3O3S/c13-11-9-6-7-16(10(9)12(17)15-14-11)20(18,19)8-4-2-1-3-5-8/h1-7H,(H,15,17). The van der Waals surface area contributed by atoms with Crippen molar-refractivity contribution < 1.29 is 8.42 Å². The van der Waals surface area contributed by atoms with Gasteiger partial charge >= 0.3 is 0 Å². The minimum Gasteiger partial charge on any atom is -0.266 e. The van der Waals surface area contributed by atoms with Crippen molar-refractivity contribution in [1.29, 1.82) is 0 Å². The van der Waals surface area contributed by atoms with Crippen LogP contribution in [0.25, 0.3) is 10.9 Å². The van der Waals surface area contributed by atoms with E-state index in [2.05, 4.69) is 10.2 Å². The van der Waals surface area contributed by atoms with Gasteiger partial charge in [0.05, 0.1) is 4.90 Å². The van der Waals surface area contributed by atoms with E-state index in [0.717, 1.165) is 3.97 Å². The number of rotatable bonds is 2. The van der Waals surface area contributed by atoms with E-state index < -0.39 is 15.6 Å². The van der Waals surface area contributed by atoms with Crippen LogP contribution < -0.4 is 5.56 Å². The third kappa shape index (κ3) is 1.83. The highest BCUT2D eigenvalue weighted by Crippen LogP contribution is 2.23. The van der Waals surface area contributed by atoms with Crippen molar-refractivity contribution in [2.24, 2.45) is 0 Å². The van der Waals surface area contributed by atoms with Crippen LogP contribution in [0.15, 0.2) is 52.3 Å². The van der Waals surface area contributed by atoms with Crippen LogP contribution >= 0.6 is 11.6 Å². The van der Waals surface area contributed by atoms with Crippen LogP contribution in [0.5, 0.6) is 0 Å². The number of nitrogens with one attached hydrogen (secondary N) is 1. The minimum absolute atomic E-state index is 0.0432. The van der Waals surface area contributed by atoms with Gasteiger partial charge in [0.15, 0.2) is 5.15 Å². The smallest absolute Gasteiger partial charge is 0.266 e. The third-order valence-electron chi connectivity index (χ3n) is 2.85. The van der Waals surface area contributed by atoms with Gasteiger partial charge < -0.3 is 0 Å². The van der Waals surface area contributed by atoms with Gasteiger partial charge in [-0.25, -0.2) is 17.5 Å². The minimum atomic E-state index is -3.85. The first-order valence-electron chi connectivity index (χ1n) is 5.57. The summed E-state index contributed by atoms with van der Waals surface area (Å²) < 4.78 is 25.9. The Bertz CT molecular complexity index is 945. The summed E-state index contributed by atoms with van der Waals surface area (Å²) in [7, 11) is -3.85. The number of benzene rings is 1. The van der Waals surface area contributed by atoms with Crippen LogP contribution in [0.1, 0.15) is 0 Å². The molecule has 1 aromatic carbocycles. The molecule has 0 saturated heterocycles. The van der Waals surface area contributed by atoms with Gasteiger partial charge in [-0.3, -0.25) is 4.79 Å². The molecule has 0 unspecified atom stereocenters.